The molecule has 6 rings (SSSR count). The zero-order valence-corrected chi connectivity index (χ0v) is 19.2. The van der Waals surface area contributed by atoms with Crippen molar-refractivity contribution in [1.82, 2.24) is 10.2 Å². The van der Waals surface area contributed by atoms with E-state index >= 15 is 0 Å². The minimum atomic E-state index is -1.48. The lowest BCUT2D eigenvalue weighted by molar-refractivity contribution is -0.143. The van der Waals surface area contributed by atoms with Gasteiger partial charge in [-0.05, 0) is 43.2 Å². The van der Waals surface area contributed by atoms with Crippen molar-refractivity contribution in [3.05, 3.63) is 52.0 Å². The number of carbonyl (C=O) groups excluding carboxylic acids is 3. The molecule has 0 aliphatic carbocycles. The minimum Gasteiger partial charge on any atom is -0.454 e. The fourth-order valence-electron chi connectivity index (χ4n) is 5.77. The standard InChI is InChI=1S/C24H22ClN3O6/c1-10-14(25)5-4-13-19(10)26-23(32)24(13)18-17(20(27-24)11(2)29)21(30)28(22(18)31)8-12-3-6-15-16(7-12)34-9-33-15/h3-7,11,17-18,20,27,29H,8-9H2,1-2H3,(H,26,32)/t11-,17+,18+,20+,24-/m1/s1. The fraction of sp³-hybridized carbons (Fsp3) is 0.375. The van der Waals surface area contributed by atoms with Crippen molar-refractivity contribution in [1.29, 1.82) is 0 Å². The Labute approximate surface area is 200 Å². The highest BCUT2D eigenvalue weighted by Gasteiger charge is 2.71. The summed E-state index contributed by atoms with van der Waals surface area (Å²) < 4.78 is 10.7. The van der Waals surface area contributed by atoms with Gasteiger partial charge in [-0.3, -0.25) is 24.6 Å². The highest BCUT2D eigenvalue weighted by molar-refractivity contribution is 6.32. The summed E-state index contributed by atoms with van der Waals surface area (Å²) in [5.41, 5.74) is 0.985. The van der Waals surface area contributed by atoms with Gasteiger partial charge in [0.2, 0.25) is 24.5 Å². The average molecular weight is 484 g/mol. The maximum Gasteiger partial charge on any atom is 0.250 e. The van der Waals surface area contributed by atoms with E-state index in [0.717, 1.165) is 0 Å². The van der Waals surface area contributed by atoms with E-state index in [9.17, 15) is 19.5 Å². The van der Waals surface area contributed by atoms with Gasteiger partial charge in [0.25, 0.3) is 0 Å². The molecular formula is C24H22ClN3O6. The molecule has 2 saturated heterocycles. The lowest BCUT2D eigenvalue weighted by Gasteiger charge is -2.30. The van der Waals surface area contributed by atoms with Gasteiger partial charge in [0.15, 0.2) is 11.5 Å². The van der Waals surface area contributed by atoms with Crippen molar-refractivity contribution in [2.24, 2.45) is 11.8 Å². The van der Waals surface area contributed by atoms with Crippen LogP contribution in [0.5, 0.6) is 11.5 Å². The van der Waals surface area contributed by atoms with E-state index in [2.05, 4.69) is 10.6 Å². The topological polar surface area (TPSA) is 117 Å². The van der Waals surface area contributed by atoms with Crippen LogP contribution in [0.1, 0.15) is 23.6 Å². The van der Waals surface area contributed by atoms with Crippen molar-refractivity contribution in [3.8, 4) is 11.5 Å². The Morgan fingerprint density at radius 1 is 1.18 bits per heavy atom. The molecule has 0 unspecified atom stereocenters. The van der Waals surface area contributed by atoms with Gasteiger partial charge in [-0.2, -0.15) is 0 Å². The number of benzene rings is 2. The molecule has 4 aliphatic rings. The molecule has 34 heavy (non-hydrogen) atoms. The number of rotatable bonds is 3. The quantitative estimate of drug-likeness (QED) is 0.568. The number of halogens is 1. The Morgan fingerprint density at radius 3 is 2.71 bits per heavy atom. The molecule has 176 valence electrons. The number of hydrogen-bond donors (Lipinski definition) is 3. The first kappa shape index (κ1) is 21.4. The van der Waals surface area contributed by atoms with Gasteiger partial charge >= 0.3 is 0 Å². The Kier molecular flexibility index (Phi) is 4.52. The Hall–Kier alpha value is -3.14. The van der Waals surface area contributed by atoms with Crippen LogP contribution < -0.4 is 20.1 Å². The number of carbonyl (C=O) groups is 3. The summed E-state index contributed by atoms with van der Waals surface area (Å²) in [7, 11) is 0. The molecule has 10 heteroatoms. The molecule has 0 radical (unpaired) electrons. The third-order valence-corrected chi connectivity index (χ3v) is 7.82. The van der Waals surface area contributed by atoms with Gasteiger partial charge in [-0.15, -0.1) is 0 Å². The number of ether oxygens (including phenoxy) is 2. The van der Waals surface area contributed by atoms with E-state index in [1.54, 1.807) is 44.2 Å². The normalized spacial score (nSPS) is 29.6. The molecule has 9 nitrogen and oxygen atoms in total. The second-order valence-electron chi connectivity index (χ2n) is 9.22. The molecule has 2 aromatic carbocycles. The van der Waals surface area contributed by atoms with Crippen LogP contribution in [0.4, 0.5) is 5.69 Å². The SMILES string of the molecule is Cc1c(Cl)ccc2c1NC(=O)[C@@]21N[C@@H]([C@@H](C)O)[C@H]2C(=O)N(Cc3ccc4c(c3)OCO4)C(=O)[C@H]21. The van der Waals surface area contributed by atoms with Gasteiger partial charge < -0.3 is 19.9 Å². The van der Waals surface area contributed by atoms with Crippen molar-refractivity contribution >= 4 is 35.0 Å². The van der Waals surface area contributed by atoms with E-state index in [-0.39, 0.29) is 13.3 Å². The molecule has 3 N–H and O–H groups in total. The number of nitrogens with zero attached hydrogens (tertiary/aromatic N) is 1. The Bertz CT molecular complexity index is 1280. The van der Waals surface area contributed by atoms with Gasteiger partial charge in [0.1, 0.15) is 5.54 Å². The Morgan fingerprint density at radius 2 is 1.94 bits per heavy atom. The largest absolute Gasteiger partial charge is 0.454 e. The van der Waals surface area contributed by atoms with Crippen molar-refractivity contribution in [2.45, 2.75) is 38.1 Å². The van der Waals surface area contributed by atoms with E-state index in [1.807, 2.05) is 0 Å². The van der Waals surface area contributed by atoms with Crippen LogP contribution in [-0.2, 0) is 26.5 Å². The first-order valence-electron chi connectivity index (χ1n) is 11.0. The molecular weight excluding hydrogens is 462 g/mol. The molecule has 0 aromatic heterocycles. The van der Waals surface area contributed by atoms with Gasteiger partial charge in [0, 0.05) is 16.6 Å². The summed E-state index contributed by atoms with van der Waals surface area (Å²) in [6.07, 6.45) is -0.973. The number of aliphatic hydroxyl groups excluding tert-OH is 1. The zero-order chi connectivity index (χ0) is 23.9. The minimum absolute atomic E-state index is 0.0258. The first-order valence-corrected chi connectivity index (χ1v) is 11.4. The first-order chi connectivity index (χ1) is 16.2. The summed E-state index contributed by atoms with van der Waals surface area (Å²) in [4.78, 5) is 42.0. The zero-order valence-electron chi connectivity index (χ0n) is 18.4. The summed E-state index contributed by atoms with van der Waals surface area (Å²) in [6.45, 7) is 3.48. The molecule has 1 spiro atoms. The van der Waals surface area contributed by atoms with Crippen LogP contribution in [0.15, 0.2) is 30.3 Å². The second kappa shape index (κ2) is 7.18. The summed E-state index contributed by atoms with van der Waals surface area (Å²) in [5.74, 6) is -2.06. The number of imide groups is 1. The molecule has 0 bridgehead atoms. The summed E-state index contributed by atoms with van der Waals surface area (Å²) in [5, 5.41) is 17.1. The predicted octanol–water partition coefficient (Wildman–Crippen LogP) is 1.68. The van der Waals surface area contributed by atoms with Crippen LogP contribution in [0.2, 0.25) is 5.02 Å². The van der Waals surface area contributed by atoms with E-state index in [4.69, 9.17) is 21.1 Å². The highest BCUT2D eigenvalue weighted by Crippen LogP contribution is 2.54. The number of anilines is 1. The lowest BCUT2D eigenvalue weighted by Crippen LogP contribution is -2.54. The molecule has 0 saturated carbocycles. The molecule has 4 heterocycles. The third kappa shape index (κ3) is 2.65. The van der Waals surface area contributed by atoms with Gasteiger partial charge in [-0.1, -0.05) is 23.7 Å². The second-order valence-corrected chi connectivity index (χ2v) is 9.63. The van der Waals surface area contributed by atoms with Crippen LogP contribution >= 0.6 is 11.6 Å². The van der Waals surface area contributed by atoms with Gasteiger partial charge in [-0.25, -0.2) is 0 Å². The third-order valence-electron chi connectivity index (χ3n) is 7.41. The summed E-state index contributed by atoms with van der Waals surface area (Å²) >= 11 is 6.27. The highest BCUT2D eigenvalue weighted by atomic mass is 35.5. The van der Waals surface area contributed by atoms with E-state index in [0.29, 0.717) is 38.9 Å². The number of nitrogens with one attached hydrogen (secondary N) is 2. The fourth-order valence-corrected chi connectivity index (χ4v) is 5.93. The number of amides is 3. The average Bonchev–Trinajstić information content (AvgIpc) is 3.53. The molecule has 4 aliphatic heterocycles. The van der Waals surface area contributed by atoms with Crippen molar-refractivity contribution < 1.29 is 29.0 Å². The maximum absolute atomic E-state index is 13.8. The number of hydrogen-bond acceptors (Lipinski definition) is 7. The number of likely N-dealkylation sites (tertiary alicyclic amines) is 1. The molecule has 3 amide bonds. The van der Waals surface area contributed by atoms with Crippen LogP contribution in [0.25, 0.3) is 0 Å². The van der Waals surface area contributed by atoms with Crippen LogP contribution in [0.3, 0.4) is 0 Å². The van der Waals surface area contributed by atoms with Gasteiger partial charge in [0.05, 0.1) is 30.2 Å². The monoisotopic (exact) mass is 483 g/mol. The molecule has 5 atom stereocenters. The Balaban J connectivity index is 1.43. The van der Waals surface area contributed by atoms with Crippen molar-refractivity contribution in [3.63, 3.8) is 0 Å². The summed E-state index contributed by atoms with van der Waals surface area (Å²) in [6, 6.07) is 7.84. The van der Waals surface area contributed by atoms with Crippen molar-refractivity contribution in [2.75, 3.05) is 12.1 Å². The number of fused-ring (bicyclic) bond motifs is 5. The molecule has 2 aromatic rings. The van der Waals surface area contributed by atoms with E-state index in [1.165, 1.54) is 4.90 Å². The number of aliphatic hydroxyl groups is 1. The van der Waals surface area contributed by atoms with E-state index < -0.39 is 47.2 Å². The maximum atomic E-state index is 13.8. The lowest BCUT2D eigenvalue weighted by atomic mass is 9.76. The van der Waals surface area contributed by atoms with Crippen LogP contribution in [-0.4, -0.2) is 46.7 Å². The smallest absolute Gasteiger partial charge is 0.250 e. The van der Waals surface area contributed by atoms with Crippen LogP contribution in [0, 0.1) is 18.8 Å². The predicted molar refractivity (Wildman–Crippen MR) is 120 cm³/mol. The molecule has 2 fully saturated rings.